The van der Waals surface area contributed by atoms with E-state index in [9.17, 15) is 9.18 Å². The van der Waals surface area contributed by atoms with Gasteiger partial charge in [-0.3, -0.25) is 4.79 Å². The highest BCUT2D eigenvalue weighted by molar-refractivity contribution is 5.83. The molecule has 5 heteroatoms. The van der Waals surface area contributed by atoms with Gasteiger partial charge in [0.25, 0.3) is 0 Å². The van der Waals surface area contributed by atoms with Gasteiger partial charge in [0.1, 0.15) is 11.9 Å². The average Bonchev–Trinajstić information content (AvgIpc) is 2.84. The summed E-state index contributed by atoms with van der Waals surface area (Å²) < 4.78 is 19.2. The normalized spacial score (nSPS) is 29.0. The van der Waals surface area contributed by atoms with Gasteiger partial charge >= 0.3 is 0 Å². The zero-order chi connectivity index (χ0) is 14.1. The summed E-state index contributed by atoms with van der Waals surface area (Å²) in [6.07, 6.45) is 1.29. The Balaban J connectivity index is 1.71. The van der Waals surface area contributed by atoms with Crippen LogP contribution in [0.4, 0.5) is 4.39 Å². The van der Waals surface area contributed by atoms with E-state index in [1.807, 2.05) is 13.0 Å². The smallest absolute Gasteiger partial charge is 0.240 e. The minimum Gasteiger partial charge on any atom is -0.375 e. The Labute approximate surface area is 117 Å². The Bertz CT molecular complexity index is 521. The Hall–Kier alpha value is -1.46. The van der Waals surface area contributed by atoms with Crippen LogP contribution in [0.15, 0.2) is 18.2 Å². The lowest BCUT2D eigenvalue weighted by atomic mass is 10.1. The van der Waals surface area contributed by atoms with Crippen molar-refractivity contribution in [1.82, 2.24) is 10.6 Å². The summed E-state index contributed by atoms with van der Waals surface area (Å²) in [7, 11) is 0. The van der Waals surface area contributed by atoms with Crippen molar-refractivity contribution in [2.24, 2.45) is 0 Å². The van der Waals surface area contributed by atoms with Crippen LogP contribution in [-0.4, -0.2) is 31.2 Å². The third-order valence-electron chi connectivity index (χ3n) is 4.13. The number of rotatable bonds is 2. The average molecular weight is 278 g/mol. The molecular weight excluding hydrogens is 259 g/mol. The maximum Gasteiger partial charge on any atom is 0.240 e. The first-order chi connectivity index (χ1) is 9.66. The van der Waals surface area contributed by atoms with Crippen molar-refractivity contribution in [1.29, 1.82) is 0 Å². The summed E-state index contributed by atoms with van der Waals surface area (Å²) in [4.78, 5) is 12.3. The molecule has 4 nitrogen and oxygen atoms in total. The van der Waals surface area contributed by atoms with E-state index in [4.69, 9.17) is 4.74 Å². The van der Waals surface area contributed by atoms with Gasteiger partial charge in [-0.2, -0.15) is 0 Å². The molecule has 0 aromatic heterocycles. The van der Waals surface area contributed by atoms with Crippen LogP contribution in [0.25, 0.3) is 0 Å². The van der Waals surface area contributed by atoms with E-state index in [2.05, 4.69) is 10.6 Å². The molecule has 1 saturated heterocycles. The first-order valence-corrected chi connectivity index (χ1v) is 7.09. The van der Waals surface area contributed by atoms with Gasteiger partial charge in [0, 0.05) is 6.54 Å². The molecule has 0 bridgehead atoms. The topological polar surface area (TPSA) is 50.4 Å². The van der Waals surface area contributed by atoms with Crippen molar-refractivity contribution in [3.05, 3.63) is 35.1 Å². The number of carbonyl (C=O) groups excluding carboxylic acids is 1. The molecule has 1 unspecified atom stereocenters. The molecule has 1 aliphatic carbocycles. The largest absolute Gasteiger partial charge is 0.375 e. The Kier molecular flexibility index (Phi) is 3.72. The molecule has 0 radical (unpaired) electrons. The standard InChI is InChI=1S/C15H19FN2O2/c1-9-14(17-7-8-20-9)15(19)18-13-6-5-10-11(13)3-2-4-12(10)16/h2-4,9,13-14,17H,5-8H2,1H3,(H,18,19)/t9-,13?,14+/m1/s1. The third-order valence-corrected chi connectivity index (χ3v) is 4.13. The number of hydrogen-bond donors (Lipinski definition) is 2. The molecule has 3 rings (SSSR count). The quantitative estimate of drug-likeness (QED) is 0.857. The van der Waals surface area contributed by atoms with E-state index in [0.717, 1.165) is 17.5 Å². The number of hydrogen-bond acceptors (Lipinski definition) is 3. The Morgan fingerprint density at radius 1 is 1.50 bits per heavy atom. The lowest BCUT2D eigenvalue weighted by Gasteiger charge is -2.30. The predicted molar refractivity (Wildman–Crippen MR) is 72.8 cm³/mol. The molecule has 1 aromatic rings. The number of amides is 1. The number of halogens is 1. The molecule has 1 amide bonds. The first-order valence-electron chi connectivity index (χ1n) is 7.09. The fraction of sp³-hybridized carbons (Fsp3) is 0.533. The molecule has 1 heterocycles. The van der Waals surface area contributed by atoms with E-state index >= 15 is 0 Å². The van der Waals surface area contributed by atoms with Crippen LogP contribution in [0.2, 0.25) is 0 Å². The van der Waals surface area contributed by atoms with E-state index in [-0.39, 0.29) is 29.9 Å². The molecule has 2 aliphatic rings. The highest BCUT2D eigenvalue weighted by Crippen LogP contribution is 2.32. The van der Waals surface area contributed by atoms with Crippen molar-refractivity contribution < 1.29 is 13.9 Å². The van der Waals surface area contributed by atoms with Crippen LogP contribution in [-0.2, 0) is 16.0 Å². The molecule has 2 N–H and O–H groups in total. The van der Waals surface area contributed by atoms with Gasteiger partial charge in [-0.25, -0.2) is 4.39 Å². The summed E-state index contributed by atoms with van der Waals surface area (Å²) >= 11 is 0. The van der Waals surface area contributed by atoms with Gasteiger partial charge in [-0.05, 0) is 37.0 Å². The highest BCUT2D eigenvalue weighted by atomic mass is 19.1. The van der Waals surface area contributed by atoms with Crippen LogP contribution in [0.5, 0.6) is 0 Å². The van der Waals surface area contributed by atoms with Crippen LogP contribution in [0.1, 0.15) is 30.5 Å². The SMILES string of the molecule is C[C@H]1OCCN[C@@H]1C(=O)NC1CCc2c(F)cccc21. The van der Waals surface area contributed by atoms with E-state index in [0.29, 0.717) is 19.6 Å². The summed E-state index contributed by atoms with van der Waals surface area (Å²) in [5, 5.41) is 6.18. The zero-order valence-corrected chi connectivity index (χ0v) is 11.5. The van der Waals surface area contributed by atoms with Gasteiger partial charge < -0.3 is 15.4 Å². The monoisotopic (exact) mass is 278 g/mol. The van der Waals surface area contributed by atoms with Crippen molar-refractivity contribution in [3.8, 4) is 0 Å². The van der Waals surface area contributed by atoms with Crippen molar-refractivity contribution in [2.45, 2.75) is 38.0 Å². The van der Waals surface area contributed by atoms with Crippen LogP contribution in [0.3, 0.4) is 0 Å². The number of nitrogens with one attached hydrogen (secondary N) is 2. The summed E-state index contributed by atoms with van der Waals surface area (Å²) in [6, 6.07) is 4.64. The Morgan fingerprint density at radius 3 is 3.15 bits per heavy atom. The molecular formula is C15H19FN2O2. The summed E-state index contributed by atoms with van der Waals surface area (Å²) in [6.45, 7) is 3.19. The van der Waals surface area contributed by atoms with Crippen LogP contribution in [0, 0.1) is 5.82 Å². The van der Waals surface area contributed by atoms with E-state index in [1.165, 1.54) is 6.07 Å². The summed E-state index contributed by atoms with van der Waals surface area (Å²) in [5.41, 5.74) is 1.64. The minimum absolute atomic E-state index is 0.0701. The number of fused-ring (bicyclic) bond motifs is 1. The third kappa shape index (κ3) is 2.43. The lowest BCUT2D eigenvalue weighted by Crippen LogP contribution is -2.55. The fourth-order valence-electron chi connectivity index (χ4n) is 3.05. The van der Waals surface area contributed by atoms with E-state index in [1.54, 1.807) is 6.07 Å². The lowest BCUT2D eigenvalue weighted by molar-refractivity contribution is -0.129. The zero-order valence-electron chi connectivity index (χ0n) is 11.5. The first kappa shape index (κ1) is 13.5. The van der Waals surface area contributed by atoms with Gasteiger partial charge in [0.2, 0.25) is 5.91 Å². The second-order valence-corrected chi connectivity index (χ2v) is 5.42. The number of benzene rings is 1. The maximum absolute atomic E-state index is 13.7. The van der Waals surface area contributed by atoms with Gasteiger partial charge in [-0.1, -0.05) is 12.1 Å². The molecule has 1 aliphatic heterocycles. The van der Waals surface area contributed by atoms with Gasteiger partial charge in [0.05, 0.1) is 18.8 Å². The highest BCUT2D eigenvalue weighted by Gasteiger charge is 2.32. The molecule has 0 saturated carbocycles. The van der Waals surface area contributed by atoms with Gasteiger partial charge in [0.15, 0.2) is 0 Å². The second kappa shape index (κ2) is 5.50. The van der Waals surface area contributed by atoms with Gasteiger partial charge in [-0.15, -0.1) is 0 Å². The van der Waals surface area contributed by atoms with Crippen LogP contribution < -0.4 is 10.6 Å². The molecule has 108 valence electrons. The molecule has 1 aromatic carbocycles. The number of morpholine rings is 1. The number of ether oxygens (including phenoxy) is 1. The molecule has 1 fully saturated rings. The second-order valence-electron chi connectivity index (χ2n) is 5.42. The van der Waals surface area contributed by atoms with Crippen LogP contribution >= 0.6 is 0 Å². The number of carbonyl (C=O) groups is 1. The molecule has 20 heavy (non-hydrogen) atoms. The summed E-state index contributed by atoms with van der Waals surface area (Å²) in [5.74, 6) is -0.244. The van der Waals surface area contributed by atoms with Crippen molar-refractivity contribution in [2.75, 3.05) is 13.2 Å². The minimum atomic E-state index is -0.332. The fourth-order valence-corrected chi connectivity index (χ4v) is 3.05. The Morgan fingerprint density at radius 2 is 2.35 bits per heavy atom. The van der Waals surface area contributed by atoms with Crippen molar-refractivity contribution in [3.63, 3.8) is 0 Å². The molecule has 0 spiro atoms. The maximum atomic E-state index is 13.7. The predicted octanol–water partition coefficient (Wildman–Crippen LogP) is 1.31. The molecule has 3 atom stereocenters. The van der Waals surface area contributed by atoms with E-state index < -0.39 is 0 Å². The van der Waals surface area contributed by atoms with Crippen molar-refractivity contribution >= 4 is 5.91 Å².